The lowest BCUT2D eigenvalue weighted by Crippen LogP contribution is -2.25. The van der Waals surface area contributed by atoms with Crippen molar-refractivity contribution in [3.05, 3.63) is 71.0 Å². The zero-order valence-corrected chi connectivity index (χ0v) is 16.6. The largest absolute Gasteiger partial charge is 0.350 e. The topological polar surface area (TPSA) is 88.2 Å². The number of nitrogens with one attached hydrogen (secondary N) is 2. The maximum atomic E-state index is 12.9. The van der Waals surface area contributed by atoms with Crippen molar-refractivity contribution in [3.63, 3.8) is 0 Å². The zero-order valence-electron chi connectivity index (χ0n) is 15.0. The van der Waals surface area contributed by atoms with E-state index in [0.717, 1.165) is 11.8 Å². The molecule has 0 bridgehead atoms. The van der Waals surface area contributed by atoms with Gasteiger partial charge >= 0.3 is 0 Å². The van der Waals surface area contributed by atoms with Gasteiger partial charge in [-0.25, -0.2) is 17.8 Å². The number of amides is 1. The van der Waals surface area contributed by atoms with Crippen LogP contribution in [-0.2, 0) is 16.3 Å². The van der Waals surface area contributed by atoms with Gasteiger partial charge < -0.3 is 10.6 Å². The standard InChI is InChI=1S/C19H18FN3O3S2/c1-28(25,26)16-8-6-15(7-9-16)22-19-23-17(12-27-19)18(24)21-11-10-13-2-4-14(20)5-3-13/h2-9,12H,10-11H2,1H3,(H,21,24)(H,22,23). The quantitative estimate of drug-likeness (QED) is 0.613. The lowest BCUT2D eigenvalue weighted by molar-refractivity contribution is 0.0950. The summed E-state index contributed by atoms with van der Waals surface area (Å²) in [7, 11) is -3.24. The van der Waals surface area contributed by atoms with E-state index in [9.17, 15) is 17.6 Å². The van der Waals surface area contributed by atoms with E-state index in [-0.39, 0.29) is 16.6 Å². The Bertz CT molecular complexity index is 1060. The van der Waals surface area contributed by atoms with Crippen LogP contribution in [0.3, 0.4) is 0 Å². The normalized spacial score (nSPS) is 11.2. The van der Waals surface area contributed by atoms with Crippen LogP contribution >= 0.6 is 11.3 Å². The first-order chi connectivity index (χ1) is 13.3. The van der Waals surface area contributed by atoms with Gasteiger partial charge in [-0.05, 0) is 48.4 Å². The Hall–Kier alpha value is -2.78. The van der Waals surface area contributed by atoms with Crippen molar-refractivity contribution in [1.82, 2.24) is 10.3 Å². The van der Waals surface area contributed by atoms with E-state index in [1.54, 1.807) is 29.6 Å². The molecule has 0 saturated heterocycles. The average Bonchev–Trinajstić information content (AvgIpc) is 3.11. The van der Waals surface area contributed by atoms with E-state index in [1.165, 1.54) is 35.6 Å². The van der Waals surface area contributed by atoms with Gasteiger partial charge in [-0.1, -0.05) is 12.1 Å². The first-order valence-electron chi connectivity index (χ1n) is 8.36. The smallest absolute Gasteiger partial charge is 0.270 e. The van der Waals surface area contributed by atoms with Crippen LogP contribution in [0.1, 0.15) is 16.1 Å². The van der Waals surface area contributed by atoms with Crippen molar-refractivity contribution < 1.29 is 17.6 Å². The Morgan fingerprint density at radius 2 is 1.79 bits per heavy atom. The van der Waals surface area contributed by atoms with Gasteiger partial charge in [-0.3, -0.25) is 4.79 Å². The fourth-order valence-electron chi connectivity index (χ4n) is 2.41. The second-order valence-corrected chi connectivity index (χ2v) is 8.97. The molecule has 28 heavy (non-hydrogen) atoms. The summed E-state index contributed by atoms with van der Waals surface area (Å²) in [5.41, 5.74) is 1.89. The fourth-order valence-corrected chi connectivity index (χ4v) is 3.75. The molecule has 1 amide bonds. The summed E-state index contributed by atoms with van der Waals surface area (Å²) in [5.74, 6) is -0.583. The molecule has 0 fully saturated rings. The Balaban J connectivity index is 1.54. The van der Waals surface area contributed by atoms with Crippen molar-refractivity contribution in [1.29, 1.82) is 0 Å². The van der Waals surface area contributed by atoms with E-state index in [1.807, 2.05) is 0 Å². The predicted molar refractivity (Wildman–Crippen MR) is 107 cm³/mol. The highest BCUT2D eigenvalue weighted by Crippen LogP contribution is 2.22. The molecule has 1 aromatic heterocycles. The highest BCUT2D eigenvalue weighted by Gasteiger charge is 2.11. The van der Waals surface area contributed by atoms with Crippen LogP contribution in [0.4, 0.5) is 15.2 Å². The van der Waals surface area contributed by atoms with Gasteiger partial charge in [0.2, 0.25) is 0 Å². The molecule has 146 valence electrons. The van der Waals surface area contributed by atoms with E-state index >= 15 is 0 Å². The van der Waals surface area contributed by atoms with Gasteiger partial charge in [0.1, 0.15) is 11.5 Å². The summed E-state index contributed by atoms with van der Waals surface area (Å²) in [6.45, 7) is 0.414. The van der Waals surface area contributed by atoms with Gasteiger partial charge in [0.25, 0.3) is 5.91 Å². The molecule has 0 aliphatic rings. The molecule has 0 atom stereocenters. The molecule has 9 heteroatoms. The number of rotatable bonds is 7. The van der Waals surface area contributed by atoms with Gasteiger partial charge in [-0.15, -0.1) is 11.3 Å². The number of carbonyl (C=O) groups is 1. The van der Waals surface area contributed by atoms with E-state index in [0.29, 0.717) is 29.5 Å². The lowest BCUT2D eigenvalue weighted by Gasteiger charge is -2.04. The van der Waals surface area contributed by atoms with Gasteiger partial charge in [0.05, 0.1) is 4.90 Å². The van der Waals surface area contributed by atoms with Crippen LogP contribution in [0.25, 0.3) is 0 Å². The minimum atomic E-state index is -3.24. The molecule has 3 aromatic rings. The maximum absolute atomic E-state index is 12.9. The number of hydrogen-bond acceptors (Lipinski definition) is 6. The average molecular weight is 420 g/mol. The molecular formula is C19H18FN3O3S2. The molecule has 0 aliphatic carbocycles. The number of hydrogen-bond donors (Lipinski definition) is 2. The predicted octanol–water partition coefficient (Wildman–Crippen LogP) is 3.40. The van der Waals surface area contributed by atoms with Crippen LogP contribution in [0.2, 0.25) is 0 Å². The molecule has 0 spiro atoms. The number of nitrogens with zero attached hydrogens (tertiary/aromatic N) is 1. The third-order valence-electron chi connectivity index (χ3n) is 3.88. The molecule has 2 aromatic carbocycles. The first-order valence-corrected chi connectivity index (χ1v) is 11.1. The number of sulfone groups is 1. The third-order valence-corrected chi connectivity index (χ3v) is 5.77. The molecule has 2 N–H and O–H groups in total. The molecule has 0 radical (unpaired) electrons. The Kier molecular flexibility index (Phi) is 6.05. The minimum absolute atomic E-state index is 0.235. The van der Waals surface area contributed by atoms with Crippen molar-refractivity contribution in [2.24, 2.45) is 0 Å². The summed E-state index contributed by atoms with van der Waals surface area (Å²) >= 11 is 1.27. The SMILES string of the molecule is CS(=O)(=O)c1ccc(Nc2nc(C(=O)NCCc3ccc(F)cc3)cs2)cc1. The molecule has 1 heterocycles. The Labute approximate surface area is 166 Å². The number of carbonyl (C=O) groups excluding carboxylic acids is 1. The molecule has 0 unspecified atom stereocenters. The second-order valence-electron chi connectivity index (χ2n) is 6.09. The monoisotopic (exact) mass is 419 g/mol. The summed E-state index contributed by atoms with van der Waals surface area (Å²) in [4.78, 5) is 16.7. The minimum Gasteiger partial charge on any atom is -0.350 e. The Morgan fingerprint density at radius 1 is 1.11 bits per heavy atom. The van der Waals surface area contributed by atoms with Gasteiger partial charge in [0, 0.05) is 23.9 Å². The van der Waals surface area contributed by atoms with Gasteiger partial charge in [0.15, 0.2) is 15.0 Å². The van der Waals surface area contributed by atoms with Crippen LogP contribution in [0.15, 0.2) is 58.8 Å². The van der Waals surface area contributed by atoms with E-state index in [4.69, 9.17) is 0 Å². The molecule has 6 nitrogen and oxygen atoms in total. The highest BCUT2D eigenvalue weighted by atomic mass is 32.2. The highest BCUT2D eigenvalue weighted by molar-refractivity contribution is 7.90. The lowest BCUT2D eigenvalue weighted by atomic mass is 10.1. The zero-order chi connectivity index (χ0) is 20.1. The number of thiazole rings is 1. The van der Waals surface area contributed by atoms with Crippen molar-refractivity contribution in [3.8, 4) is 0 Å². The van der Waals surface area contributed by atoms with Crippen LogP contribution < -0.4 is 10.6 Å². The summed E-state index contributed by atoms with van der Waals surface area (Å²) in [5, 5.41) is 7.99. The molecule has 0 saturated carbocycles. The van der Waals surface area contributed by atoms with Crippen LogP contribution in [0.5, 0.6) is 0 Å². The van der Waals surface area contributed by atoms with Crippen LogP contribution in [-0.4, -0.2) is 32.1 Å². The summed E-state index contributed by atoms with van der Waals surface area (Å²) in [6.07, 6.45) is 1.74. The van der Waals surface area contributed by atoms with E-state index in [2.05, 4.69) is 15.6 Å². The Morgan fingerprint density at radius 3 is 2.43 bits per heavy atom. The van der Waals surface area contributed by atoms with E-state index < -0.39 is 9.84 Å². The fraction of sp³-hybridized carbons (Fsp3) is 0.158. The molecular weight excluding hydrogens is 401 g/mol. The number of benzene rings is 2. The maximum Gasteiger partial charge on any atom is 0.270 e. The van der Waals surface area contributed by atoms with Crippen molar-refractivity contribution >= 4 is 37.9 Å². The molecule has 3 rings (SSSR count). The molecule has 0 aliphatic heterocycles. The van der Waals surface area contributed by atoms with Crippen molar-refractivity contribution in [2.45, 2.75) is 11.3 Å². The summed E-state index contributed by atoms with van der Waals surface area (Å²) < 4.78 is 35.8. The summed E-state index contributed by atoms with van der Waals surface area (Å²) in [6, 6.07) is 12.4. The number of halogens is 1. The first kappa shape index (κ1) is 20.0. The second kappa shape index (κ2) is 8.49. The van der Waals surface area contributed by atoms with Crippen LogP contribution in [0, 0.1) is 5.82 Å². The van der Waals surface area contributed by atoms with Crippen molar-refractivity contribution in [2.75, 3.05) is 18.1 Å². The number of anilines is 2. The van der Waals surface area contributed by atoms with Gasteiger partial charge in [-0.2, -0.15) is 0 Å². The third kappa shape index (κ3) is 5.37. The number of aromatic nitrogens is 1.